The van der Waals surface area contributed by atoms with Crippen molar-refractivity contribution in [3.8, 4) is 0 Å². The van der Waals surface area contributed by atoms with E-state index in [2.05, 4.69) is 64.8 Å². The van der Waals surface area contributed by atoms with E-state index < -0.39 is 0 Å². The van der Waals surface area contributed by atoms with Gasteiger partial charge in [0.1, 0.15) is 11.5 Å². The molecule has 3 heteroatoms. The SMILES string of the molecule is Cc1cc(C(Br)c2c(C)cc(C)c(Br)c2C)c(C)o1. The van der Waals surface area contributed by atoms with Gasteiger partial charge in [-0.15, -0.1) is 0 Å². The largest absolute Gasteiger partial charge is 0.466 e. The third kappa shape index (κ3) is 2.68. The molecule has 19 heavy (non-hydrogen) atoms. The van der Waals surface area contributed by atoms with Crippen molar-refractivity contribution >= 4 is 31.9 Å². The van der Waals surface area contributed by atoms with Crippen molar-refractivity contribution in [1.82, 2.24) is 0 Å². The minimum atomic E-state index is 0.168. The highest BCUT2D eigenvalue weighted by Crippen LogP contribution is 2.40. The summed E-state index contributed by atoms with van der Waals surface area (Å²) >= 11 is 7.52. The van der Waals surface area contributed by atoms with Crippen LogP contribution in [-0.2, 0) is 0 Å². The summed E-state index contributed by atoms with van der Waals surface area (Å²) in [6, 6.07) is 4.34. The monoisotopic (exact) mass is 384 g/mol. The van der Waals surface area contributed by atoms with Crippen LogP contribution < -0.4 is 0 Å². The standard InChI is InChI=1S/C16H18Br2O/c1-8-6-9(2)15(17)11(4)14(8)16(18)13-7-10(3)19-12(13)5/h6-7,16H,1-5H3. The summed E-state index contributed by atoms with van der Waals surface area (Å²) < 4.78 is 6.84. The van der Waals surface area contributed by atoms with Crippen molar-refractivity contribution in [3.63, 3.8) is 0 Å². The van der Waals surface area contributed by atoms with Crippen LogP contribution in [0, 0.1) is 34.6 Å². The molecule has 1 heterocycles. The van der Waals surface area contributed by atoms with Gasteiger partial charge in [0.05, 0.1) is 4.83 Å². The molecule has 1 nitrogen and oxygen atoms in total. The molecule has 0 fully saturated rings. The fourth-order valence-corrected chi connectivity index (χ4v) is 4.11. The molecular weight excluding hydrogens is 368 g/mol. The Labute approximate surface area is 131 Å². The van der Waals surface area contributed by atoms with Crippen molar-refractivity contribution < 1.29 is 4.42 Å². The molecule has 0 aliphatic carbocycles. The normalized spacial score (nSPS) is 12.8. The van der Waals surface area contributed by atoms with E-state index in [0.29, 0.717) is 0 Å². The Morgan fingerprint density at radius 2 is 1.63 bits per heavy atom. The Morgan fingerprint density at radius 3 is 2.16 bits per heavy atom. The summed E-state index contributed by atoms with van der Waals surface area (Å²) in [6.07, 6.45) is 0. The minimum Gasteiger partial charge on any atom is -0.466 e. The van der Waals surface area contributed by atoms with Crippen molar-refractivity contribution in [1.29, 1.82) is 0 Å². The smallest absolute Gasteiger partial charge is 0.105 e. The van der Waals surface area contributed by atoms with Crippen molar-refractivity contribution in [2.75, 3.05) is 0 Å². The second-order valence-electron chi connectivity index (χ2n) is 5.09. The van der Waals surface area contributed by atoms with E-state index >= 15 is 0 Å². The zero-order chi connectivity index (χ0) is 14.3. The maximum Gasteiger partial charge on any atom is 0.105 e. The lowest BCUT2D eigenvalue weighted by atomic mass is 9.94. The van der Waals surface area contributed by atoms with Crippen molar-refractivity contribution in [2.45, 2.75) is 39.4 Å². The predicted molar refractivity (Wildman–Crippen MR) is 87.3 cm³/mol. The van der Waals surface area contributed by atoms with Crippen LogP contribution in [0.15, 0.2) is 21.0 Å². The Kier molecular flexibility index (Phi) is 4.26. The van der Waals surface area contributed by atoms with Crippen LogP contribution in [0.5, 0.6) is 0 Å². The van der Waals surface area contributed by atoms with Gasteiger partial charge in [-0.3, -0.25) is 0 Å². The van der Waals surface area contributed by atoms with E-state index in [4.69, 9.17) is 4.42 Å². The van der Waals surface area contributed by atoms with Crippen LogP contribution in [0.2, 0.25) is 0 Å². The number of aryl methyl sites for hydroxylation is 4. The summed E-state index contributed by atoms with van der Waals surface area (Å²) in [6.45, 7) is 10.5. The predicted octanol–water partition coefficient (Wildman–Crippen LogP) is 6.07. The van der Waals surface area contributed by atoms with Crippen LogP contribution in [0.3, 0.4) is 0 Å². The van der Waals surface area contributed by atoms with E-state index in [1.807, 2.05) is 13.8 Å². The van der Waals surface area contributed by atoms with Gasteiger partial charge in [-0.2, -0.15) is 0 Å². The Morgan fingerprint density at radius 1 is 1.00 bits per heavy atom. The average molecular weight is 386 g/mol. The van der Waals surface area contributed by atoms with Gasteiger partial charge < -0.3 is 4.42 Å². The fraction of sp³-hybridized carbons (Fsp3) is 0.375. The summed E-state index contributed by atoms with van der Waals surface area (Å²) in [5.41, 5.74) is 6.40. The first-order chi connectivity index (χ1) is 8.82. The Balaban J connectivity index is 2.59. The molecule has 0 bridgehead atoms. The zero-order valence-electron chi connectivity index (χ0n) is 11.9. The lowest BCUT2D eigenvalue weighted by Crippen LogP contribution is -2.01. The number of hydrogen-bond donors (Lipinski definition) is 0. The highest BCUT2D eigenvalue weighted by Gasteiger charge is 2.21. The molecule has 1 aromatic heterocycles. The van der Waals surface area contributed by atoms with E-state index in [1.165, 1.54) is 32.3 Å². The summed E-state index contributed by atoms with van der Waals surface area (Å²) in [5.74, 6) is 1.94. The first-order valence-electron chi connectivity index (χ1n) is 6.30. The molecule has 0 saturated heterocycles. The zero-order valence-corrected chi connectivity index (χ0v) is 15.1. The molecule has 0 aliphatic rings. The fourth-order valence-electron chi connectivity index (χ4n) is 2.62. The van der Waals surface area contributed by atoms with Gasteiger partial charge in [0, 0.05) is 10.0 Å². The number of alkyl halides is 1. The van der Waals surface area contributed by atoms with Crippen LogP contribution in [0.4, 0.5) is 0 Å². The van der Waals surface area contributed by atoms with Gasteiger partial charge in [-0.05, 0) is 62.9 Å². The van der Waals surface area contributed by atoms with Gasteiger partial charge in [-0.1, -0.05) is 37.9 Å². The van der Waals surface area contributed by atoms with Crippen LogP contribution in [0.25, 0.3) is 0 Å². The second kappa shape index (κ2) is 5.45. The molecule has 2 rings (SSSR count). The lowest BCUT2D eigenvalue weighted by molar-refractivity contribution is 0.502. The molecule has 0 radical (unpaired) electrons. The molecule has 1 atom stereocenters. The maximum atomic E-state index is 5.65. The van der Waals surface area contributed by atoms with Crippen molar-refractivity contribution in [3.05, 3.63) is 55.9 Å². The molecule has 1 aromatic carbocycles. The minimum absolute atomic E-state index is 0.168. The molecule has 2 aromatic rings. The molecule has 0 aliphatic heterocycles. The summed E-state index contributed by atoms with van der Waals surface area (Å²) in [4.78, 5) is 0.168. The topological polar surface area (TPSA) is 13.1 Å². The number of halogens is 2. The number of hydrogen-bond acceptors (Lipinski definition) is 1. The molecule has 0 saturated carbocycles. The first-order valence-corrected chi connectivity index (χ1v) is 8.01. The highest BCUT2D eigenvalue weighted by molar-refractivity contribution is 9.10. The van der Waals surface area contributed by atoms with E-state index in [1.54, 1.807) is 0 Å². The molecule has 0 amide bonds. The molecule has 0 spiro atoms. The quantitative estimate of drug-likeness (QED) is 0.572. The number of furan rings is 1. The maximum absolute atomic E-state index is 5.65. The highest BCUT2D eigenvalue weighted by atomic mass is 79.9. The van der Waals surface area contributed by atoms with Gasteiger partial charge in [-0.25, -0.2) is 0 Å². The van der Waals surface area contributed by atoms with Crippen LogP contribution in [-0.4, -0.2) is 0 Å². The van der Waals surface area contributed by atoms with Gasteiger partial charge in [0.2, 0.25) is 0 Å². The van der Waals surface area contributed by atoms with Gasteiger partial charge >= 0.3 is 0 Å². The van der Waals surface area contributed by atoms with Gasteiger partial charge in [0.25, 0.3) is 0 Å². The average Bonchev–Trinajstić information content (AvgIpc) is 2.65. The molecular formula is C16H18Br2O. The first kappa shape index (κ1) is 14.9. The van der Waals surface area contributed by atoms with E-state index in [9.17, 15) is 0 Å². The van der Waals surface area contributed by atoms with Crippen LogP contribution in [0.1, 0.15) is 44.2 Å². The van der Waals surface area contributed by atoms with Crippen LogP contribution >= 0.6 is 31.9 Å². The van der Waals surface area contributed by atoms with Gasteiger partial charge in [0.15, 0.2) is 0 Å². The van der Waals surface area contributed by atoms with E-state index in [-0.39, 0.29) is 4.83 Å². The second-order valence-corrected chi connectivity index (χ2v) is 6.80. The van der Waals surface area contributed by atoms with Crippen molar-refractivity contribution in [2.24, 2.45) is 0 Å². The number of rotatable bonds is 2. The number of benzene rings is 1. The third-order valence-corrected chi connectivity index (χ3v) is 5.71. The van der Waals surface area contributed by atoms with E-state index in [0.717, 1.165) is 11.5 Å². The Bertz CT molecular complexity index is 626. The Hall–Kier alpha value is -0.540. The third-order valence-electron chi connectivity index (χ3n) is 3.54. The summed E-state index contributed by atoms with van der Waals surface area (Å²) in [7, 11) is 0. The summed E-state index contributed by atoms with van der Waals surface area (Å²) in [5, 5.41) is 0. The molecule has 1 unspecified atom stereocenters. The molecule has 0 N–H and O–H groups in total. The lowest BCUT2D eigenvalue weighted by Gasteiger charge is -2.18. The molecule has 102 valence electrons.